The first-order valence-electron chi connectivity index (χ1n) is 6.39. The number of nitrogens with one attached hydrogen (secondary N) is 1. The second kappa shape index (κ2) is 5.19. The molecule has 0 aliphatic heterocycles. The Morgan fingerprint density at radius 2 is 2.00 bits per heavy atom. The summed E-state index contributed by atoms with van der Waals surface area (Å²) in [6, 6.07) is 3.77. The molecule has 1 fully saturated rings. The summed E-state index contributed by atoms with van der Waals surface area (Å²) in [6.45, 7) is 1.92. The van der Waals surface area contributed by atoms with Crippen LogP contribution in [0, 0.1) is 12.7 Å². The summed E-state index contributed by atoms with van der Waals surface area (Å²) in [6.07, 6.45) is 3.39. The summed E-state index contributed by atoms with van der Waals surface area (Å²) in [5.41, 5.74) is 5.68. The molecule has 0 heterocycles. The van der Waals surface area contributed by atoms with Crippen LogP contribution >= 0.6 is 0 Å². The maximum atomic E-state index is 13.3. The molecule has 1 aliphatic carbocycles. The summed E-state index contributed by atoms with van der Waals surface area (Å²) >= 11 is 0. The Morgan fingerprint density at radius 3 is 2.58 bits per heavy atom. The van der Waals surface area contributed by atoms with Crippen molar-refractivity contribution in [3.63, 3.8) is 0 Å². The molecule has 1 aromatic carbocycles. The standard InChI is InChI=1S/C13H19FN2O2S/c1-10-4-5-11(14)8-12(10)19(17,18)16-13(9-15)6-2-3-7-13/h4-5,8,16H,2-3,6-7,9,15H2,1H3. The van der Waals surface area contributed by atoms with Crippen molar-refractivity contribution in [2.24, 2.45) is 5.73 Å². The van der Waals surface area contributed by atoms with Gasteiger partial charge in [0.25, 0.3) is 0 Å². The largest absolute Gasteiger partial charge is 0.329 e. The molecule has 0 saturated heterocycles. The minimum atomic E-state index is -3.74. The van der Waals surface area contributed by atoms with Gasteiger partial charge in [-0.15, -0.1) is 0 Å². The lowest BCUT2D eigenvalue weighted by Crippen LogP contribution is -2.51. The van der Waals surface area contributed by atoms with Crippen LogP contribution in [0.5, 0.6) is 0 Å². The van der Waals surface area contributed by atoms with Crippen LogP contribution in [0.15, 0.2) is 23.1 Å². The Kier molecular flexibility index (Phi) is 3.94. The second-order valence-corrected chi connectivity index (χ2v) is 6.86. The van der Waals surface area contributed by atoms with Crippen molar-refractivity contribution in [3.05, 3.63) is 29.6 Å². The molecule has 3 N–H and O–H groups in total. The molecule has 0 atom stereocenters. The van der Waals surface area contributed by atoms with Gasteiger partial charge in [0.1, 0.15) is 5.82 Å². The fourth-order valence-electron chi connectivity index (χ4n) is 2.60. The van der Waals surface area contributed by atoms with Crippen LogP contribution in [-0.2, 0) is 10.0 Å². The molecule has 1 aromatic rings. The Balaban J connectivity index is 2.34. The molecule has 0 radical (unpaired) electrons. The predicted molar refractivity (Wildman–Crippen MR) is 71.7 cm³/mol. The molecule has 19 heavy (non-hydrogen) atoms. The molecule has 0 aromatic heterocycles. The number of hydrogen-bond acceptors (Lipinski definition) is 3. The minimum absolute atomic E-state index is 0.00720. The van der Waals surface area contributed by atoms with Gasteiger partial charge in [-0.25, -0.2) is 17.5 Å². The van der Waals surface area contributed by atoms with E-state index in [1.54, 1.807) is 6.92 Å². The number of sulfonamides is 1. The van der Waals surface area contributed by atoms with Crippen LogP contribution in [0.25, 0.3) is 0 Å². The molecule has 0 unspecified atom stereocenters. The van der Waals surface area contributed by atoms with Crippen molar-refractivity contribution >= 4 is 10.0 Å². The first kappa shape index (κ1) is 14.4. The summed E-state index contributed by atoms with van der Waals surface area (Å²) in [4.78, 5) is -0.00720. The maximum Gasteiger partial charge on any atom is 0.241 e. The highest BCUT2D eigenvalue weighted by Crippen LogP contribution is 2.30. The molecule has 106 valence electrons. The topological polar surface area (TPSA) is 72.2 Å². The van der Waals surface area contributed by atoms with Gasteiger partial charge < -0.3 is 5.73 Å². The molecular weight excluding hydrogens is 267 g/mol. The zero-order valence-corrected chi connectivity index (χ0v) is 11.8. The van der Waals surface area contributed by atoms with E-state index in [2.05, 4.69) is 4.72 Å². The molecule has 0 spiro atoms. The van der Waals surface area contributed by atoms with E-state index in [0.717, 1.165) is 31.7 Å². The zero-order valence-electron chi connectivity index (χ0n) is 10.9. The third-order valence-electron chi connectivity index (χ3n) is 3.74. The fraction of sp³-hybridized carbons (Fsp3) is 0.538. The van der Waals surface area contributed by atoms with Gasteiger partial charge in [0.15, 0.2) is 0 Å². The highest BCUT2D eigenvalue weighted by atomic mass is 32.2. The normalized spacial score (nSPS) is 18.7. The van der Waals surface area contributed by atoms with Crippen molar-refractivity contribution in [3.8, 4) is 0 Å². The minimum Gasteiger partial charge on any atom is -0.329 e. The molecule has 2 rings (SSSR count). The van der Waals surface area contributed by atoms with Crippen LogP contribution in [0.2, 0.25) is 0 Å². The summed E-state index contributed by atoms with van der Waals surface area (Å²) in [5, 5.41) is 0. The van der Waals surface area contributed by atoms with Crippen LogP contribution in [0.4, 0.5) is 4.39 Å². The van der Waals surface area contributed by atoms with Gasteiger partial charge in [-0.1, -0.05) is 18.9 Å². The van der Waals surface area contributed by atoms with Gasteiger partial charge in [-0.2, -0.15) is 0 Å². The highest BCUT2D eigenvalue weighted by Gasteiger charge is 2.37. The second-order valence-electron chi connectivity index (χ2n) is 5.21. The molecule has 0 bridgehead atoms. The predicted octanol–water partition coefficient (Wildman–Crippen LogP) is 1.68. The molecule has 6 heteroatoms. The van der Waals surface area contributed by atoms with Crippen molar-refractivity contribution < 1.29 is 12.8 Å². The van der Waals surface area contributed by atoms with Crippen molar-refractivity contribution in [2.45, 2.75) is 43.0 Å². The number of rotatable bonds is 4. The first-order chi connectivity index (χ1) is 8.88. The first-order valence-corrected chi connectivity index (χ1v) is 7.87. The molecule has 0 amide bonds. The van der Waals surface area contributed by atoms with Gasteiger partial charge in [0.2, 0.25) is 10.0 Å². The van der Waals surface area contributed by atoms with E-state index in [0.29, 0.717) is 5.56 Å². The lowest BCUT2D eigenvalue weighted by atomic mass is 10.0. The van der Waals surface area contributed by atoms with Crippen LogP contribution < -0.4 is 10.5 Å². The Hall–Kier alpha value is -0.980. The number of nitrogens with two attached hydrogens (primary N) is 1. The third kappa shape index (κ3) is 2.96. The average Bonchev–Trinajstić information content (AvgIpc) is 2.80. The van der Waals surface area contributed by atoms with E-state index in [1.165, 1.54) is 12.1 Å². The monoisotopic (exact) mass is 286 g/mol. The number of hydrogen-bond donors (Lipinski definition) is 2. The fourth-order valence-corrected chi connectivity index (χ4v) is 4.33. The maximum absolute atomic E-state index is 13.3. The molecular formula is C13H19FN2O2S. The van der Waals surface area contributed by atoms with Gasteiger partial charge in [0, 0.05) is 12.1 Å². The Bertz CT molecular complexity index is 566. The SMILES string of the molecule is Cc1ccc(F)cc1S(=O)(=O)NC1(CN)CCCC1. The van der Waals surface area contributed by atoms with Crippen LogP contribution in [-0.4, -0.2) is 20.5 Å². The van der Waals surface area contributed by atoms with Gasteiger partial charge >= 0.3 is 0 Å². The Morgan fingerprint density at radius 1 is 1.37 bits per heavy atom. The van der Waals surface area contributed by atoms with Gasteiger partial charge in [-0.3, -0.25) is 0 Å². The van der Waals surface area contributed by atoms with Crippen molar-refractivity contribution in [1.29, 1.82) is 0 Å². The lowest BCUT2D eigenvalue weighted by Gasteiger charge is -2.28. The van der Waals surface area contributed by atoms with E-state index in [4.69, 9.17) is 5.73 Å². The van der Waals surface area contributed by atoms with Crippen LogP contribution in [0.1, 0.15) is 31.2 Å². The average molecular weight is 286 g/mol. The van der Waals surface area contributed by atoms with E-state index in [-0.39, 0.29) is 11.4 Å². The summed E-state index contributed by atoms with van der Waals surface area (Å²) in [5.74, 6) is -0.556. The van der Waals surface area contributed by atoms with Crippen LogP contribution in [0.3, 0.4) is 0 Å². The highest BCUT2D eigenvalue weighted by molar-refractivity contribution is 7.89. The van der Waals surface area contributed by atoms with E-state index < -0.39 is 21.4 Å². The molecule has 1 saturated carbocycles. The smallest absolute Gasteiger partial charge is 0.241 e. The van der Waals surface area contributed by atoms with E-state index in [9.17, 15) is 12.8 Å². The van der Waals surface area contributed by atoms with E-state index in [1.807, 2.05) is 0 Å². The van der Waals surface area contributed by atoms with Crippen molar-refractivity contribution in [1.82, 2.24) is 4.72 Å². The van der Waals surface area contributed by atoms with Gasteiger partial charge in [-0.05, 0) is 37.5 Å². The number of benzene rings is 1. The number of aryl methyl sites for hydroxylation is 1. The summed E-state index contributed by atoms with van der Waals surface area (Å²) in [7, 11) is -3.74. The quantitative estimate of drug-likeness (QED) is 0.884. The van der Waals surface area contributed by atoms with Gasteiger partial charge in [0.05, 0.1) is 4.90 Å². The summed E-state index contributed by atoms with van der Waals surface area (Å²) < 4.78 is 40.7. The Labute approximate surface area is 113 Å². The molecule has 1 aliphatic rings. The zero-order chi connectivity index (χ0) is 14.1. The van der Waals surface area contributed by atoms with E-state index >= 15 is 0 Å². The molecule has 4 nitrogen and oxygen atoms in total. The number of halogens is 1. The third-order valence-corrected chi connectivity index (χ3v) is 5.46. The lowest BCUT2D eigenvalue weighted by molar-refractivity contribution is 0.399. The van der Waals surface area contributed by atoms with Crippen molar-refractivity contribution in [2.75, 3.05) is 6.54 Å².